The van der Waals surface area contributed by atoms with Crippen molar-refractivity contribution >= 4 is 21.6 Å². The van der Waals surface area contributed by atoms with Crippen LogP contribution in [0.15, 0.2) is 23.1 Å². The Morgan fingerprint density at radius 1 is 1.44 bits per heavy atom. The molecule has 0 heterocycles. The van der Waals surface area contributed by atoms with Crippen molar-refractivity contribution in [2.45, 2.75) is 18.2 Å². The molecular formula is C10H14ClNO3S. The van der Waals surface area contributed by atoms with E-state index in [2.05, 4.69) is 4.72 Å². The van der Waals surface area contributed by atoms with Gasteiger partial charge in [0.05, 0.1) is 7.11 Å². The lowest BCUT2D eigenvalue weighted by atomic mass is 10.3. The van der Waals surface area contributed by atoms with Crippen molar-refractivity contribution in [3.8, 4) is 5.75 Å². The summed E-state index contributed by atoms with van der Waals surface area (Å²) in [6, 6.07) is 4.42. The first kappa shape index (κ1) is 13.3. The summed E-state index contributed by atoms with van der Waals surface area (Å²) in [5.41, 5.74) is 0. The highest BCUT2D eigenvalue weighted by molar-refractivity contribution is 7.89. The summed E-state index contributed by atoms with van der Waals surface area (Å²) in [6.45, 7) is 2.29. The van der Waals surface area contributed by atoms with Crippen LogP contribution in [-0.2, 0) is 10.0 Å². The van der Waals surface area contributed by atoms with Gasteiger partial charge in [-0.2, -0.15) is 0 Å². The van der Waals surface area contributed by atoms with E-state index in [-0.39, 0.29) is 10.6 Å². The number of nitrogens with one attached hydrogen (secondary N) is 1. The molecule has 0 bridgehead atoms. The summed E-state index contributed by atoms with van der Waals surface area (Å²) in [5.74, 6) is 0.246. The maximum atomic E-state index is 11.8. The van der Waals surface area contributed by atoms with E-state index < -0.39 is 10.0 Å². The highest BCUT2D eigenvalue weighted by atomic mass is 35.5. The van der Waals surface area contributed by atoms with E-state index >= 15 is 0 Å². The summed E-state index contributed by atoms with van der Waals surface area (Å²) >= 11 is 5.75. The van der Waals surface area contributed by atoms with Gasteiger partial charge in [0.1, 0.15) is 10.6 Å². The molecule has 0 amide bonds. The summed E-state index contributed by atoms with van der Waals surface area (Å²) in [6.07, 6.45) is 0.731. The molecule has 0 saturated carbocycles. The summed E-state index contributed by atoms with van der Waals surface area (Å²) in [4.78, 5) is 0.104. The minimum Gasteiger partial charge on any atom is -0.495 e. The Bertz CT molecular complexity index is 459. The third-order valence-electron chi connectivity index (χ3n) is 1.96. The number of halogens is 1. The maximum Gasteiger partial charge on any atom is 0.244 e. The van der Waals surface area contributed by atoms with Gasteiger partial charge >= 0.3 is 0 Å². The van der Waals surface area contributed by atoms with E-state index in [0.29, 0.717) is 11.6 Å². The SMILES string of the molecule is CCCNS(=O)(=O)c1ccc(Cl)cc1OC. The molecule has 90 valence electrons. The number of hydrogen-bond donors (Lipinski definition) is 1. The molecule has 0 saturated heterocycles. The Morgan fingerprint density at radius 3 is 2.69 bits per heavy atom. The van der Waals surface area contributed by atoms with Crippen molar-refractivity contribution < 1.29 is 13.2 Å². The third kappa shape index (κ3) is 3.10. The fraction of sp³-hybridized carbons (Fsp3) is 0.400. The Kier molecular flexibility index (Phi) is 4.58. The Hall–Kier alpha value is -0.780. The van der Waals surface area contributed by atoms with Crippen LogP contribution in [0.25, 0.3) is 0 Å². The molecule has 1 N–H and O–H groups in total. The molecule has 1 aromatic carbocycles. The predicted molar refractivity (Wildman–Crippen MR) is 63.5 cm³/mol. The molecule has 16 heavy (non-hydrogen) atoms. The molecule has 1 aromatic rings. The third-order valence-corrected chi connectivity index (χ3v) is 3.69. The lowest BCUT2D eigenvalue weighted by molar-refractivity contribution is 0.402. The standard InChI is InChI=1S/C10H14ClNO3S/c1-3-6-12-16(13,14)10-5-4-8(11)7-9(10)15-2/h4-5,7,12H,3,6H2,1-2H3. The summed E-state index contributed by atoms with van der Waals surface area (Å²) in [7, 11) is -2.11. The monoisotopic (exact) mass is 263 g/mol. The van der Waals surface area contributed by atoms with Crippen molar-refractivity contribution in [1.29, 1.82) is 0 Å². The number of benzene rings is 1. The van der Waals surface area contributed by atoms with Crippen LogP contribution in [0.1, 0.15) is 13.3 Å². The molecule has 0 aliphatic rings. The topological polar surface area (TPSA) is 55.4 Å². The van der Waals surface area contributed by atoms with Crippen LogP contribution in [0.3, 0.4) is 0 Å². The normalized spacial score (nSPS) is 11.4. The van der Waals surface area contributed by atoms with Crippen molar-refractivity contribution in [1.82, 2.24) is 4.72 Å². The van der Waals surface area contributed by atoms with Crippen LogP contribution in [0.5, 0.6) is 5.75 Å². The lowest BCUT2D eigenvalue weighted by Gasteiger charge is -2.10. The fourth-order valence-electron chi connectivity index (χ4n) is 1.18. The second-order valence-electron chi connectivity index (χ2n) is 3.19. The van der Waals surface area contributed by atoms with E-state index in [9.17, 15) is 8.42 Å². The van der Waals surface area contributed by atoms with Crippen LogP contribution in [0.4, 0.5) is 0 Å². The minimum absolute atomic E-state index is 0.104. The Labute approximate surface area is 101 Å². The van der Waals surface area contributed by atoms with E-state index in [1.165, 1.54) is 25.3 Å². The molecule has 0 atom stereocenters. The molecule has 4 nitrogen and oxygen atoms in total. The van der Waals surface area contributed by atoms with Crippen LogP contribution in [0.2, 0.25) is 5.02 Å². The zero-order valence-corrected chi connectivity index (χ0v) is 10.7. The number of sulfonamides is 1. The lowest BCUT2D eigenvalue weighted by Crippen LogP contribution is -2.24. The highest BCUT2D eigenvalue weighted by Gasteiger charge is 2.18. The number of rotatable bonds is 5. The molecule has 0 aromatic heterocycles. The average Bonchev–Trinajstić information content (AvgIpc) is 2.26. The zero-order chi connectivity index (χ0) is 12.2. The minimum atomic E-state index is -3.52. The molecule has 6 heteroatoms. The second-order valence-corrected chi connectivity index (χ2v) is 5.36. The Balaban J connectivity index is 3.12. The predicted octanol–water partition coefficient (Wildman–Crippen LogP) is 2.04. The zero-order valence-electron chi connectivity index (χ0n) is 9.16. The molecule has 0 aliphatic heterocycles. The first-order chi connectivity index (χ1) is 7.51. The number of ether oxygens (including phenoxy) is 1. The van der Waals surface area contributed by atoms with E-state index in [1.54, 1.807) is 0 Å². The van der Waals surface area contributed by atoms with Crippen molar-refractivity contribution in [2.24, 2.45) is 0 Å². The van der Waals surface area contributed by atoms with Gasteiger partial charge in [0.2, 0.25) is 10.0 Å². The van der Waals surface area contributed by atoms with Crippen LogP contribution in [-0.4, -0.2) is 22.1 Å². The molecule has 0 radical (unpaired) electrons. The number of methoxy groups -OCH3 is 1. The van der Waals surface area contributed by atoms with Gasteiger partial charge in [-0.05, 0) is 18.6 Å². The molecule has 1 rings (SSSR count). The van der Waals surface area contributed by atoms with Gasteiger partial charge in [-0.3, -0.25) is 0 Å². The van der Waals surface area contributed by atoms with Gasteiger partial charge in [0, 0.05) is 17.6 Å². The van der Waals surface area contributed by atoms with Gasteiger partial charge in [-0.25, -0.2) is 13.1 Å². The van der Waals surface area contributed by atoms with Crippen molar-refractivity contribution in [3.63, 3.8) is 0 Å². The van der Waals surface area contributed by atoms with E-state index in [1.807, 2.05) is 6.92 Å². The van der Waals surface area contributed by atoms with Crippen LogP contribution >= 0.6 is 11.6 Å². The van der Waals surface area contributed by atoms with Crippen molar-refractivity contribution in [2.75, 3.05) is 13.7 Å². The summed E-state index contributed by atoms with van der Waals surface area (Å²) in [5, 5.41) is 0.436. The first-order valence-corrected chi connectivity index (χ1v) is 6.70. The maximum absolute atomic E-state index is 11.8. The van der Waals surface area contributed by atoms with E-state index in [0.717, 1.165) is 6.42 Å². The van der Waals surface area contributed by atoms with Crippen LogP contribution in [0, 0.1) is 0 Å². The quantitative estimate of drug-likeness (QED) is 0.884. The highest BCUT2D eigenvalue weighted by Crippen LogP contribution is 2.26. The smallest absolute Gasteiger partial charge is 0.244 e. The molecule has 0 aliphatic carbocycles. The van der Waals surface area contributed by atoms with Gasteiger partial charge in [0.15, 0.2) is 0 Å². The van der Waals surface area contributed by atoms with Gasteiger partial charge < -0.3 is 4.74 Å². The molecule has 0 unspecified atom stereocenters. The first-order valence-electron chi connectivity index (χ1n) is 4.84. The van der Waals surface area contributed by atoms with Gasteiger partial charge in [-0.1, -0.05) is 18.5 Å². The average molecular weight is 264 g/mol. The molecule has 0 fully saturated rings. The van der Waals surface area contributed by atoms with Gasteiger partial charge in [0.25, 0.3) is 0 Å². The van der Waals surface area contributed by atoms with Crippen molar-refractivity contribution in [3.05, 3.63) is 23.2 Å². The Morgan fingerprint density at radius 2 is 2.12 bits per heavy atom. The van der Waals surface area contributed by atoms with Gasteiger partial charge in [-0.15, -0.1) is 0 Å². The fourth-order valence-corrected chi connectivity index (χ4v) is 2.62. The number of hydrogen-bond acceptors (Lipinski definition) is 3. The largest absolute Gasteiger partial charge is 0.495 e. The molecular weight excluding hydrogens is 250 g/mol. The van der Waals surface area contributed by atoms with E-state index in [4.69, 9.17) is 16.3 Å². The summed E-state index contributed by atoms with van der Waals surface area (Å²) < 4.78 is 31.2. The molecule has 0 spiro atoms. The van der Waals surface area contributed by atoms with Crippen LogP contribution < -0.4 is 9.46 Å². The second kappa shape index (κ2) is 5.52.